The smallest absolute Gasteiger partial charge is 0.271 e. The van der Waals surface area contributed by atoms with Crippen LogP contribution < -0.4 is 14.9 Å². The molecule has 0 unspecified atom stereocenters. The molecule has 35 heavy (non-hydrogen) atoms. The topological polar surface area (TPSA) is 54.6 Å². The molecule has 174 valence electrons. The second-order valence-electron chi connectivity index (χ2n) is 8.49. The Morgan fingerprint density at radius 1 is 1.14 bits per heavy atom. The number of aryl methyl sites for hydroxylation is 1. The molecular weight excluding hydrogens is 642 g/mol. The van der Waals surface area contributed by atoms with Gasteiger partial charge >= 0.3 is 0 Å². The van der Waals surface area contributed by atoms with E-state index in [9.17, 15) is 14.3 Å². The molecule has 1 N–H and O–H groups in total. The number of allylic oxidation sites excluding steroid dienone is 1. The molecule has 0 saturated heterocycles. The zero-order valence-corrected chi connectivity index (χ0v) is 22.7. The average Bonchev–Trinajstić information content (AvgIpc) is 3.16. The van der Waals surface area contributed by atoms with Gasteiger partial charge in [0.25, 0.3) is 5.56 Å². The van der Waals surface area contributed by atoms with Crippen LogP contribution in [0, 0.1) is 9.39 Å². The molecule has 0 bridgehead atoms. The number of nitrogens with zero attached hydrogens (tertiary/aromatic N) is 2. The van der Waals surface area contributed by atoms with Crippen LogP contribution in [0.5, 0.6) is 5.75 Å². The molecule has 3 aromatic carbocycles. The number of hydrogen-bond donors (Lipinski definition) is 1. The number of rotatable bonds is 2. The van der Waals surface area contributed by atoms with Crippen molar-refractivity contribution in [3.05, 3.63) is 122 Å². The Kier molecular flexibility index (Phi) is 5.77. The standard InChI is InChI=1S/C27H17BrFIN2O2S/c28-17-11-16(25(33)21(30)13-17)12-22-26(34)32-24(15-5-8-18(29)9-6-15)20-10-7-14-3-1-2-4-19(14)23(20)31-27(32)35-22/h1-6,8-9,11-13,24,33H,7,10H2/b22-12+/t24-/m0/s1. The van der Waals surface area contributed by atoms with Gasteiger partial charge in [-0.25, -0.2) is 9.38 Å². The van der Waals surface area contributed by atoms with E-state index in [0.29, 0.717) is 18.5 Å². The first-order chi connectivity index (χ1) is 16.9. The van der Waals surface area contributed by atoms with Crippen LogP contribution in [0.2, 0.25) is 0 Å². The molecule has 2 aliphatic rings. The number of thiazole rings is 1. The van der Waals surface area contributed by atoms with Crippen LogP contribution in [0.1, 0.15) is 34.7 Å². The highest BCUT2D eigenvalue weighted by Crippen LogP contribution is 2.41. The Morgan fingerprint density at radius 2 is 1.91 bits per heavy atom. The molecule has 2 heterocycles. The number of benzene rings is 3. The molecule has 1 aromatic heterocycles. The van der Waals surface area contributed by atoms with E-state index in [1.165, 1.54) is 29.0 Å². The third-order valence-electron chi connectivity index (χ3n) is 6.40. The summed E-state index contributed by atoms with van der Waals surface area (Å²) in [6.07, 6.45) is 3.34. The van der Waals surface area contributed by atoms with Crippen molar-refractivity contribution in [1.82, 2.24) is 4.57 Å². The monoisotopic (exact) mass is 658 g/mol. The van der Waals surface area contributed by atoms with E-state index in [4.69, 9.17) is 4.99 Å². The summed E-state index contributed by atoms with van der Waals surface area (Å²) in [7, 11) is 0. The molecule has 4 nitrogen and oxygen atoms in total. The maximum atomic E-state index is 13.8. The first kappa shape index (κ1) is 22.9. The van der Waals surface area contributed by atoms with Crippen LogP contribution in [-0.2, 0) is 6.42 Å². The summed E-state index contributed by atoms with van der Waals surface area (Å²) in [5, 5.41) is 10.6. The molecule has 4 aromatic rings. The van der Waals surface area contributed by atoms with Gasteiger partial charge in [0.15, 0.2) is 4.80 Å². The van der Waals surface area contributed by atoms with Crippen molar-refractivity contribution >= 4 is 61.6 Å². The fourth-order valence-corrected chi connectivity index (χ4v) is 7.35. The first-order valence-corrected chi connectivity index (χ1v) is 13.7. The van der Waals surface area contributed by atoms with Crippen LogP contribution in [0.25, 0.3) is 11.8 Å². The lowest BCUT2D eigenvalue weighted by atomic mass is 9.83. The predicted molar refractivity (Wildman–Crippen MR) is 148 cm³/mol. The number of aromatic hydroxyl groups is 1. The van der Waals surface area contributed by atoms with Crippen LogP contribution >= 0.6 is 49.9 Å². The van der Waals surface area contributed by atoms with E-state index < -0.39 is 0 Å². The van der Waals surface area contributed by atoms with Crippen molar-refractivity contribution in [2.24, 2.45) is 4.99 Å². The molecule has 0 spiro atoms. The molecule has 0 saturated carbocycles. The van der Waals surface area contributed by atoms with Crippen LogP contribution in [0.3, 0.4) is 0 Å². The average molecular weight is 659 g/mol. The molecule has 1 aliphatic heterocycles. The highest BCUT2D eigenvalue weighted by Gasteiger charge is 2.32. The second kappa shape index (κ2) is 8.83. The van der Waals surface area contributed by atoms with Gasteiger partial charge in [0.05, 0.1) is 19.8 Å². The van der Waals surface area contributed by atoms with Crippen LogP contribution in [-0.4, -0.2) is 9.67 Å². The molecule has 0 fully saturated rings. The third kappa shape index (κ3) is 3.91. The second-order valence-corrected chi connectivity index (χ2v) is 11.6. The number of hydrogen-bond acceptors (Lipinski definition) is 4. The van der Waals surface area contributed by atoms with E-state index in [-0.39, 0.29) is 23.2 Å². The van der Waals surface area contributed by atoms with Gasteiger partial charge in [0, 0.05) is 15.6 Å². The molecule has 0 radical (unpaired) electrons. The van der Waals surface area contributed by atoms with Gasteiger partial charge < -0.3 is 5.11 Å². The summed E-state index contributed by atoms with van der Waals surface area (Å²) in [6.45, 7) is 0. The lowest BCUT2D eigenvalue weighted by Crippen LogP contribution is -2.38. The lowest BCUT2D eigenvalue weighted by Gasteiger charge is -2.30. The summed E-state index contributed by atoms with van der Waals surface area (Å²) < 4.78 is 17.5. The van der Waals surface area contributed by atoms with Gasteiger partial charge in [-0.3, -0.25) is 9.36 Å². The Hall–Kier alpha value is -2.56. The lowest BCUT2D eigenvalue weighted by molar-refractivity contribution is 0.470. The van der Waals surface area contributed by atoms with Crippen molar-refractivity contribution in [3.63, 3.8) is 0 Å². The summed E-state index contributed by atoms with van der Waals surface area (Å²) in [6, 6.07) is 17.8. The SMILES string of the molecule is O=c1/c(=C\c2cc(Br)cc(I)c2O)sc2n1[C@@H](c1ccc(F)cc1)C1=C(N=2)c2ccccc2CC1. The summed E-state index contributed by atoms with van der Waals surface area (Å²) in [5.74, 6) is -0.188. The molecule has 1 atom stereocenters. The predicted octanol–water partition coefficient (Wildman–Crippen LogP) is 5.53. The maximum absolute atomic E-state index is 13.8. The number of halogens is 3. The third-order valence-corrected chi connectivity index (χ3v) is 8.67. The Balaban J connectivity index is 1.64. The number of aromatic nitrogens is 1. The van der Waals surface area contributed by atoms with Crippen molar-refractivity contribution in [2.45, 2.75) is 18.9 Å². The van der Waals surface area contributed by atoms with Crippen molar-refractivity contribution in [2.75, 3.05) is 0 Å². The van der Waals surface area contributed by atoms with Gasteiger partial charge in [0.2, 0.25) is 0 Å². The molecule has 8 heteroatoms. The fourth-order valence-electron chi connectivity index (χ4n) is 4.80. The molecule has 6 rings (SSSR count). The quantitative estimate of drug-likeness (QED) is 0.288. The van der Waals surface area contributed by atoms with E-state index >= 15 is 0 Å². The Bertz CT molecular complexity index is 1720. The minimum atomic E-state index is -0.367. The highest BCUT2D eigenvalue weighted by molar-refractivity contribution is 14.1. The molecule has 1 aliphatic carbocycles. The van der Waals surface area contributed by atoms with Crippen molar-refractivity contribution in [1.29, 1.82) is 0 Å². The van der Waals surface area contributed by atoms with E-state index in [1.807, 2.05) is 18.2 Å². The van der Waals surface area contributed by atoms with Crippen molar-refractivity contribution < 1.29 is 9.50 Å². The van der Waals surface area contributed by atoms with Crippen LogP contribution in [0.4, 0.5) is 4.39 Å². The van der Waals surface area contributed by atoms with Gasteiger partial charge in [-0.2, -0.15) is 0 Å². The van der Waals surface area contributed by atoms with E-state index in [2.05, 4.69) is 50.7 Å². The zero-order chi connectivity index (χ0) is 24.3. The number of phenols is 1. The van der Waals surface area contributed by atoms with Gasteiger partial charge in [-0.15, -0.1) is 0 Å². The van der Waals surface area contributed by atoms with E-state index in [1.54, 1.807) is 28.8 Å². The normalized spacial score (nSPS) is 17.0. The number of phenolic OH excluding ortho intramolecular Hbond substituents is 1. The summed E-state index contributed by atoms with van der Waals surface area (Å²) in [4.78, 5) is 19.3. The Labute approximate surface area is 226 Å². The van der Waals surface area contributed by atoms with Gasteiger partial charge in [-0.1, -0.05) is 63.7 Å². The fraction of sp³-hybridized carbons (Fsp3) is 0.111. The minimum Gasteiger partial charge on any atom is -0.506 e. The first-order valence-electron chi connectivity index (χ1n) is 11.0. The van der Waals surface area contributed by atoms with Gasteiger partial charge in [-0.05, 0) is 82.5 Å². The van der Waals surface area contributed by atoms with E-state index in [0.717, 1.165) is 39.7 Å². The summed E-state index contributed by atoms with van der Waals surface area (Å²) >= 11 is 6.83. The van der Waals surface area contributed by atoms with Crippen molar-refractivity contribution in [3.8, 4) is 5.75 Å². The molecular formula is C27H17BrFIN2O2S. The summed E-state index contributed by atoms with van der Waals surface area (Å²) in [5.41, 5.74) is 5.51. The Morgan fingerprint density at radius 3 is 2.71 bits per heavy atom. The number of fused-ring (bicyclic) bond motifs is 3. The van der Waals surface area contributed by atoms with Gasteiger partial charge in [0.1, 0.15) is 11.6 Å². The largest absolute Gasteiger partial charge is 0.506 e. The molecule has 0 amide bonds. The maximum Gasteiger partial charge on any atom is 0.271 e. The van der Waals surface area contributed by atoms with Crippen LogP contribution in [0.15, 0.2) is 80.5 Å². The highest BCUT2D eigenvalue weighted by atomic mass is 127. The minimum absolute atomic E-state index is 0.128. The zero-order valence-electron chi connectivity index (χ0n) is 18.1.